The highest BCUT2D eigenvalue weighted by Crippen LogP contribution is 2.27. The zero-order valence-electron chi connectivity index (χ0n) is 14.5. The lowest BCUT2D eigenvalue weighted by Gasteiger charge is -2.17. The maximum absolute atomic E-state index is 12.0. The Labute approximate surface area is 167 Å². The molecule has 2 N–H and O–H groups in total. The van der Waals surface area contributed by atoms with Gasteiger partial charge < -0.3 is 4.74 Å². The number of carbonyl (C=O) groups is 2. The number of nitrogens with one attached hydrogen (secondary N) is 2. The molecule has 1 saturated heterocycles. The van der Waals surface area contributed by atoms with E-state index >= 15 is 0 Å². The summed E-state index contributed by atoms with van der Waals surface area (Å²) in [6.45, 7) is 2.39. The van der Waals surface area contributed by atoms with Crippen LogP contribution in [0.25, 0.3) is 6.08 Å². The van der Waals surface area contributed by atoms with Crippen molar-refractivity contribution in [2.45, 2.75) is 13.3 Å². The predicted octanol–water partition coefficient (Wildman–Crippen LogP) is 3.24. The summed E-state index contributed by atoms with van der Waals surface area (Å²) in [6, 6.07) is 13.2. The molecule has 2 amide bonds. The number of amides is 2. The molecule has 1 fully saturated rings. The fourth-order valence-electron chi connectivity index (χ4n) is 2.72. The predicted molar refractivity (Wildman–Crippen MR) is 109 cm³/mol. The number of hydrogen-bond acceptors (Lipinski definition) is 4. The molecular formula is C20H17ClN2O3S. The molecule has 7 heteroatoms. The molecule has 138 valence electrons. The van der Waals surface area contributed by atoms with Crippen LogP contribution in [0.1, 0.15) is 23.6 Å². The molecule has 5 nitrogen and oxygen atoms in total. The van der Waals surface area contributed by atoms with Crippen molar-refractivity contribution >= 4 is 46.8 Å². The van der Waals surface area contributed by atoms with Gasteiger partial charge in [0.15, 0.2) is 5.11 Å². The largest absolute Gasteiger partial charge is 0.494 e. The van der Waals surface area contributed by atoms with E-state index in [4.69, 9.17) is 28.6 Å². The number of halogens is 1. The second kappa shape index (κ2) is 8.33. The zero-order chi connectivity index (χ0) is 19.4. The van der Waals surface area contributed by atoms with Crippen molar-refractivity contribution in [3.8, 4) is 5.75 Å². The van der Waals surface area contributed by atoms with Gasteiger partial charge in [-0.1, -0.05) is 41.9 Å². The lowest BCUT2D eigenvalue weighted by atomic mass is 10.0. The Bertz CT molecular complexity index is 934. The van der Waals surface area contributed by atoms with Crippen molar-refractivity contribution in [1.82, 2.24) is 10.6 Å². The minimum Gasteiger partial charge on any atom is -0.494 e. The van der Waals surface area contributed by atoms with Gasteiger partial charge in [-0.25, -0.2) is 0 Å². The molecule has 3 rings (SSSR count). The Balaban J connectivity index is 1.93. The molecular weight excluding hydrogens is 384 g/mol. The molecule has 0 saturated carbocycles. The number of benzene rings is 2. The van der Waals surface area contributed by atoms with Crippen molar-refractivity contribution in [2.75, 3.05) is 6.61 Å². The highest BCUT2D eigenvalue weighted by Gasteiger charge is 2.25. The van der Waals surface area contributed by atoms with E-state index in [1.807, 2.05) is 43.3 Å². The summed E-state index contributed by atoms with van der Waals surface area (Å²) < 4.78 is 5.76. The van der Waals surface area contributed by atoms with Crippen LogP contribution in [-0.4, -0.2) is 23.5 Å². The van der Waals surface area contributed by atoms with Crippen molar-refractivity contribution < 1.29 is 14.3 Å². The minimum atomic E-state index is -0.526. The Morgan fingerprint density at radius 1 is 1.07 bits per heavy atom. The first-order valence-corrected chi connectivity index (χ1v) is 9.14. The maximum Gasteiger partial charge on any atom is 0.263 e. The molecule has 2 aromatic rings. The third kappa shape index (κ3) is 4.53. The molecule has 0 atom stereocenters. The highest BCUT2D eigenvalue weighted by atomic mass is 35.5. The SMILES string of the molecule is CCOc1cc(C=C2C(=O)NC(=S)NC2=O)ccc1Cc1ccccc1Cl. The molecule has 1 heterocycles. The minimum absolute atomic E-state index is 0.00671. The number of thiocarbonyl (C=S) groups is 1. The van der Waals surface area contributed by atoms with Crippen molar-refractivity contribution in [2.24, 2.45) is 0 Å². The second-order valence-electron chi connectivity index (χ2n) is 5.86. The van der Waals surface area contributed by atoms with E-state index in [2.05, 4.69) is 10.6 Å². The van der Waals surface area contributed by atoms with E-state index < -0.39 is 11.8 Å². The molecule has 0 radical (unpaired) electrons. The van der Waals surface area contributed by atoms with E-state index in [1.165, 1.54) is 6.08 Å². The number of carbonyl (C=O) groups excluding carboxylic acids is 2. The third-order valence-corrected chi connectivity index (χ3v) is 4.56. The quantitative estimate of drug-likeness (QED) is 0.459. The Hall–Kier alpha value is -2.70. The van der Waals surface area contributed by atoms with Gasteiger partial charge in [-0.15, -0.1) is 0 Å². The summed E-state index contributed by atoms with van der Waals surface area (Å²) in [5.74, 6) is -0.373. The van der Waals surface area contributed by atoms with Gasteiger partial charge in [0.05, 0.1) is 6.61 Å². The fraction of sp³-hybridized carbons (Fsp3) is 0.150. The Morgan fingerprint density at radius 3 is 2.44 bits per heavy atom. The molecule has 0 unspecified atom stereocenters. The van der Waals surface area contributed by atoms with Gasteiger partial charge in [-0.2, -0.15) is 0 Å². The summed E-state index contributed by atoms with van der Waals surface area (Å²) in [5.41, 5.74) is 2.62. The summed E-state index contributed by atoms with van der Waals surface area (Å²) in [7, 11) is 0. The smallest absolute Gasteiger partial charge is 0.263 e. The van der Waals surface area contributed by atoms with Crippen molar-refractivity contribution in [3.05, 3.63) is 69.8 Å². The molecule has 0 aliphatic carbocycles. The second-order valence-corrected chi connectivity index (χ2v) is 6.68. The van der Waals surface area contributed by atoms with Crippen LogP contribution in [0.2, 0.25) is 5.02 Å². The van der Waals surface area contributed by atoms with E-state index in [1.54, 1.807) is 6.07 Å². The maximum atomic E-state index is 12.0. The Kier molecular flexibility index (Phi) is 5.88. The number of hydrogen-bond donors (Lipinski definition) is 2. The fourth-order valence-corrected chi connectivity index (χ4v) is 3.10. The molecule has 0 spiro atoms. The van der Waals surface area contributed by atoms with Gasteiger partial charge in [0.2, 0.25) is 0 Å². The molecule has 2 aromatic carbocycles. The van der Waals surface area contributed by atoms with E-state index in [9.17, 15) is 9.59 Å². The van der Waals surface area contributed by atoms with Crippen LogP contribution in [0.4, 0.5) is 0 Å². The average molecular weight is 401 g/mol. The van der Waals surface area contributed by atoms with Crippen LogP contribution in [-0.2, 0) is 16.0 Å². The van der Waals surface area contributed by atoms with Gasteiger partial charge >= 0.3 is 0 Å². The van der Waals surface area contributed by atoms with Crippen LogP contribution in [0.5, 0.6) is 5.75 Å². The summed E-state index contributed by atoms with van der Waals surface area (Å²) in [6.07, 6.45) is 2.12. The standard InChI is InChI=1S/C20H17ClN2O3S/c1-2-26-17-10-12(9-15-18(24)22-20(27)23-19(15)25)7-8-14(17)11-13-5-3-4-6-16(13)21/h3-10H,2,11H2,1H3,(H2,22,23,24,25,27). The van der Waals surface area contributed by atoms with Gasteiger partial charge in [-0.05, 0) is 54.0 Å². The first kappa shape index (κ1) is 19.1. The van der Waals surface area contributed by atoms with Gasteiger partial charge in [0.1, 0.15) is 11.3 Å². The number of rotatable bonds is 5. The van der Waals surface area contributed by atoms with Crippen molar-refractivity contribution in [1.29, 1.82) is 0 Å². The van der Waals surface area contributed by atoms with Gasteiger partial charge in [-0.3, -0.25) is 20.2 Å². The first-order valence-electron chi connectivity index (χ1n) is 8.35. The molecule has 1 aliphatic heterocycles. The average Bonchev–Trinajstić information content (AvgIpc) is 2.62. The Morgan fingerprint density at radius 2 is 1.78 bits per heavy atom. The van der Waals surface area contributed by atoms with Crippen molar-refractivity contribution in [3.63, 3.8) is 0 Å². The zero-order valence-corrected chi connectivity index (χ0v) is 16.1. The lowest BCUT2D eigenvalue weighted by molar-refractivity contribution is -0.123. The van der Waals surface area contributed by atoms with E-state index in [0.29, 0.717) is 29.4 Å². The normalized spacial score (nSPS) is 13.9. The van der Waals surface area contributed by atoms with E-state index in [-0.39, 0.29) is 10.7 Å². The molecule has 27 heavy (non-hydrogen) atoms. The molecule has 1 aliphatic rings. The van der Waals surface area contributed by atoms with Crippen LogP contribution in [0.3, 0.4) is 0 Å². The lowest BCUT2D eigenvalue weighted by Crippen LogP contribution is -2.51. The van der Waals surface area contributed by atoms with Crippen LogP contribution >= 0.6 is 23.8 Å². The third-order valence-electron chi connectivity index (χ3n) is 3.98. The summed E-state index contributed by atoms with van der Waals surface area (Å²) in [4.78, 5) is 24.0. The van der Waals surface area contributed by atoms with E-state index in [0.717, 1.165) is 11.1 Å². The summed E-state index contributed by atoms with van der Waals surface area (Å²) in [5, 5.41) is 5.53. The van der Waals surface area contributed by atoms with Crippen LogP contribution in [0.15, 0.2) is 48.0 Å². The highest BCUT2D eigenvalue weighted by molar-refractivity contribution is 7.80. The molecule has 0 aromatic heterocycles. The van der Waals surface area contributed by atoms with Gasteiger partial charge in [0, 0.05) is 11.4 Å². The van der Waals surface area contributed by atoms with Crippen LogP contribution in [0, 0.1) is 0 Å². The summed E-state index contributed by atoms with van der Waals surface area (Å²) >= 11 is 11.1. The number of ether oxygens (including phenoxy) is 1. The topological polar surface area (TPSA) is 67.4 Å². The van der Waals surface area contributed by atoms with Crippen LogP contribution < -0.4 is 15.4 Å². The first-order chi connectivity index (χ1) is 13.0. The van der Waals surface area contributed by atoms with Gasteiger partial charge in [0.25, 0.3) is 11.8 Å². The monoisotopic (exact) mass is 400 g/mol. The molecule has 0 bridgehead atoms.